The molecule has 0 atom stereocenters. The first kappa shape index (κ1) is 28.2. The standard InChI is InChI=1S/C29H30N6O5S2/c36-26(32-15-17-33(18-16-32)28(37)25-12-7-19-40-25)21-41-29-31-30-27(35(29)23-9-2-1-3-10-23)22-8-6-11-24(20-22)42(38,39)34-13-4-5-14-34/h1-3,6-12,19-20H,4-5,13-18,21H2. The average Bonchev–Trinajstić information content (AvgIpc) is 3.83. The monoisotopic (exact) mass is 606 g/mol. The van der Waals surface area contributed by atoms with Crippen LogP contribution >= 0.6 is 11.8 Å². The van der Waals surface area contributed by atoms with Crippen molar-refractivity contribution in [2.45, 2.75) is 22.9 Å². The number of benzene rings is 2. The van der Waals surface area contributed by atoms with E-state index < -0.39 is 10.0 Å². The van der Waals surface area contributed by atoms with Crippen LogP contribution in [0.25, 0.3) is 17.1 Å². The zero-order valence-corrected chi connectivity index (χ0v) is 24.5. The summed E-state index contributed by atoms with van der Waals surface area (Å²) in [5, 5.41) is 9.35. The third-order valence-electron chi connectivity index (χ3n) is 7.42. The van der Waals surface area contributed by atoms with Crippen LogP contribution in [0.3, 0.4) is 0 Å². The fourth-order valence-corrected chi connectivity index (χ4v) is 7.58. The summed E-state index contributed by atoms with van der Waals surface area (Å²) in [5.41, 5.74) is 1.41. The van der Waals surface area contributed by atoms with Gasteiger partial charge in [-0.05, 0) is 49.2 Å². The number of hydrogen-bond acceptors (Lipinski definition) is 8. The van der Waals surface area contributed by atoms with Crippen LogP contribution in [0, 0.1) is 0 Å². The molecular weight excluding hydrogens is 576 g/mol. The van der Waals surface area contributed by atoms with Crippen LogP contribution in [0.15, 0.2) is 87.5 Å². The third kappa shape index (κ3) is 5.72. The normalized spacial score (nSPS) is 16.2. The number of rotatable bonds is 8. The highest BCUT2D eigenvalue weighted by atomic mass is 32.2. The molecule has 218 valence electrons. The highest BCUT2D eigenvalue weighted by Gasteiger charge is 2.29. The van der Waals surface area contributed by atoms with E-state index in [1.807, 2.05) is 41.0 Å². The second kappa shape index (κ2) is 12.1. The van der Waals surface area contributed by atoms with Crippen molar-refractivity contribution in [3.05, 3.63) is 78.8 Å². The number of thioether (sulfide) groups is 1. The summed E-state index contributed by atoms with van der Waals surface area (Å²) in [6, 6.07) is 19.6. The van der Waals surface area contributed by atoms with Crippen molar-refractivity contribution in [2.24, 2.45) is 0 Å². The number of aromatic nitrogens is 3. The summed E-state index contributed by atoms with van der Waals surface area (Å²) in [7, 11) is -3.61. The van der Waals surface area contributed by atoms with E-state index in [1.165, 1.54) is 22.3 Å². The van der Waals surface area contributed by atoms with Crippen molar-refractivity contribution in [2.75, 3.05) is 45.0 Å². The molecule has 0 N–H and O–H groups in total. The molecule has 0 aliphatic carbocycles. The molecule has 2 aliphatic heterocycles. The molecule has 2 aromatic carbocycles. The van der Waals surface area contributed by atoms with Gasteiger partial charge in [0.25, 0.3) is 5.91 Å². The van der Waals surface area contributed by atoms with Crippen LogP contribution < -0.4 is 0 Å². The highest BCUT2D eigenvalue weighted by molar-refractivity contribution is 7.99. The molecule has 0 saturated carbocycles. The molecule has 2 fully saturated rings. The SMILES string of the molecule is O=C(CSc1nnc(-c2cccc(S(=O)(=O)N3CCCC3)c2)n1-c1ccccc1)N1CCN(C(=O)c2ccco2)CC1. The molecule has 2 amide bonds. The van der Waals surface area contributed by atoms with E-state index in [9.17, 15) is 18.0 Å². The zero-order valence-electron chi connectivity index (χ0n) is 22.8. The molecule has 2 saturated heterocycles. The van der Waals surface area contributed by atoms with Crippen LogP contribution in [-0.2, 0) is 14.8 Å². The number of furan rings is 1. The van der Waals surface area contributed by atoms with Crippen molar-refractivity contribution in [1.29, 1.82) is 0 Å². The Morgan fingerprint density at radius 3 is 2.29 bits per heavy atom. The lowest BCUT2D eigenvalue weighted by Gasteiger charge is -2.34. The molecule has 4 heterocycles. The Balaban J connectivity index is 1.19. The van der Waals surface area contributed by atoms with Gasteiger partial charge in [-0.1, -0.05) is 42.1 Å². The van der Waals surface area contributed by atoms with Crippen molar-refractivity contribution >= 4 is 33.6 Å². The fraction of sp³-hybridized carbons (Fsp3) is 0.310. The van der Waals surface area contributed by atoms with E-state index in [2.05, 4.69) is 10.2 Å². The summed E-state index contributed by atoms with van der Waals surface area (Å²) in [6.45, 7) is 2.77. The van der Waals surface area contributed by atoms with Gasteiger partial charge in [0.15, 0.2) is 16.7 Å². The van der Waals surface area contributed by atoms with Gasteiger partial charge >= 0.3 is 0 Å². The van der Waals surface area contributed by atoms with Crippen LogP contribution in [0.5, 0.6) is 0 Å². The highest BCUT2D eigenvalue weighted by Crippen LogP contribution is 2.30. The average molecular weight is 607 g/mol. The Morgan fingerprint density at radius 1 is 0.833 bits per heavy atom. The molecule has 11 nitrogen and oxygen atoms in total. The lowest BCUT2D eigenvalue weighted by atomic mass is 10.2. The molecular formula is C29H30N6O5S2. The molecule has 6 rings (SSSR count). The Bertz CT molecular complexity index is 1660. The van der Waals surface area contributed by atoms with Crippen LogP contribution in [0.4, 0.5) is 0 Å². The molecule has 13 heteroatoms. The fourth-order valence-electron chi connectivity index (χ4n) is 5.17. The van der Waals surface area contributed by atoms with Gasteiger partial charge in [0.2, 0.25) is 15.9 Å². The van der Waals surface area contributed by atoms with Gasteiger partial charge < -0.3 is 14.2 Å². The van der Waals surface area contributed by atoms with E-state index in [0.717, 1.165) is 18.5 Å². The van der Waals surface area contributed by atoms with E-state index in [0.29, 0.717) is 61.6 Å². The number of sulfonamides is 1. The quantitative estimate of drug-likeness (QED) is 0.280. The Morgan fingerprint density at radius 2 is 1.57 bits per heavy atom. The minimum Gasteiger partial charge on any atom is -0.459 e. The molecule has 0 spiro atoms. The van der Waals surface area contributed by atoms with Crippen molar-refractivity contribution in [3.8, 4) is 17.1 Å². The number of amides is 2. The van der Waals surface area contributed by atoms with E-state index in [-0.39, 0.29) is 22.5 Å². The smallest absolute Gasteiger partial charge is 0.289 e. The van der Waals surface area contributed by atoms with Crippen LogP contribution in [0.2, 0.25) is 0 Å². The second-order valence-corrected chi connectivity index (χ2v) is 12.9. The first-order chi connectivity index (χ1) is 20.4. The van der Waals surface area contributed by atoms with E-state index in [4.69, 9.17) is 4.42 Å². The number of carbonyl (C=O) groups excluding carboxylic acids is 2. The number of piperazine rings is 1. The van der Waals surface area contributed by atoms with Gasteiger partial charge in [0.1, 0.15) is 0 Å². The van der Waals surface area contributed by atoms with Crippen LogP contribution in [0.1, 0.15) is 23.4 Å². The molecule has 2 aromatic heterocycles. The lowest BCUT2D eigenvalue weighted by Crippen LogP contribution is -2.51. The van der Waals surface area contributed by atoms with Crippen LogP contribution in [-0.4, -0.2) is 94.1 Å². The summed E-state index contributed by atoms with van der Waals surface area (Å²) in [6.07, 6.45) is 3.19. The Labute approximate surface area is 248 Å². The predicted octanol–water partition coefficient (Wildman–Crippen LogP) is 3.39. The molecule has 0 bridgehead atoms. The predicted molar refractivity (Wildman–Crippen MR) is 157 cm³/mol. The molecule has 4 aromatic rings. The molecule has 2 aliphatic rings. The Kier molecular flexibility index (Phi) is 8.13. The topological polar surface area (TPSA) is 122 Å². The minimum absolute atomic E-state index is 0.0621. The second-order valence-electron chi connectivity index (χ2n) is 10.1. The Hall–Kier alpha value is -3.94. The lowest BCUT2D eigenvalue weighted by molar-refractivity contribution is -0.129. The van der Waals surface area contributed by atoms with Gasteiger partial charge in [0.05, 0.1) is 16.9 Å². The summed E-state index contributed by atoms with van der Waals surface area (Å²) >= 11 is 1.27. The van der Waals surface area contributed by atoms with Gasteiger partial charge in [-0.2, -0.15) is 4.31 Å². The molecule has 0 unspecified atom stereocenters. The van der Waals surface area contributed by atoms with Gasteiger partial charge in [0, 0.05) is 50.5 Å². The van der Waals surface area contributed by atoms with Crippen molar-refractivity contribution in [3.63, 3.8) is 0 Å². The maximum absolute atomic E-state index is 13.2. The van der Waals surface area contributed by atoms with Gasteiger partial charge in [-0.25, -0.2) is 8.42 Å². The summed E-state index contributed by atoms with van der Waals surface area (Å²) in [5.74, 6) is 0.677. The van der Waals surface area contributed by atoms with Gasteiger partial charge in [-0.3, -0.25) is 14.2 Å². The summed E-state index contributed by atoms with van der Waals surface area (Å²) in [4.78, 5) is 29.3. The maximum atomic E-state index is 13.2. The van der Waals surface area contributed by atoms with Crippen molar-refractivity contribution in [1.82, 2.24) is 28.9 Å². The minimum atomic E-state index is -3.61. The molecule has 0 radical (unpaired) electrons. The van der Waals surface area contributed by atoms with E-state index >= 15 is 0 Å². The third-order valence-corrected chi connectivity index (χ3v) is 10.2. The molecule has 42 heavy (non-hydrogen) atoms. The largest absolute Gasteiger partial charge is 0.459 e. The zero-order chi connectivity index (χ0) is 29.1. The number of para-hydroxylation sites is 1. The number of hydrogen-bond donors (Lipinski definition) is 0. The first-order valence-corrected chi connectivity index (χ1v) is 16.2. The van der Waals surface area contributed by atoms with Crippen molar-refractivity contribution < 1.29 is 22.4 Å². The maximum Gasteiger partial charge on any atom is 0.289 e. The number of nitrogens with zero attached hydrogens (tertiary/aromatic N) is 6. The number of carbonyl (C=O) groups is 2. The first-order valence-electron chi connectivity index (χ1n) is 13.8. The van der Waals surface area contributed by atoms with E-state index in [1.54, 1.807) is 40.1 Å². The summed E-state index contributed by atoms with van der Waals surface area (Å²) < 4.78 is 35.1. The van der Waals surface area contributed by atoms with Gasteiger partial charge in [-0.15, -0.1) is 10.2 Å².